The molecule has 1 unspecified atom stereocenters. The molecule has 18 heavy (non-hydrogen) atoms. The number of benzene rings is 1. The fourth-order valence-corrected chi connectivity index (χ4v) is 2.14. The second kappa shape index (κ2) is 4.55. The molecule has 1 atom stereocenters. The Hall–Kier alpha value is -1.66. The standard InChI is InChI=1S/C12H16FN3O2/c1-12(18)5-6-16(7-12)11(17)8-3-2-4-9(13)10(8)15-14/h2-4,15,18H,5-7,14H2,1H3. The second-order valence-electron chi connectivity index (χ2n) is 4.78. The topological polar surface area (TPSA) is 78.6 Å². The van der Waals surface area contributed by atoms with Gasteiger partial charge in [0.2, 0.25) is 0 Å². The number of nitrogen functional groups attached to an aromatic ring is 1. The summed E-state index contributed by atoms with van der Waals surface area (Å²) in [4.78, 5) is 13.7. The summed E-state index contributed by atoms with van der Waals surface area (Å²) in [5.41, 5.74) is 1.48. The van der Waals surface area contributed by atoms with Crippen molar-refractivity contribution >= 4 is 11.6 Å². The summed E-state index contributed by atoms with van der Waals surface area (Å²) in [6, 6.07) is 4.19. The van der Waals surface area contributed by atoms with Crippen molar-refractivity contribution in [3.63, 3.8) is 0 Å². The van der Waals surface area contributed by atoms with E-state index in [2.05, 4.69) is 5.43 Å². The lowest BCUT2D eigenvalue weighted by Gasteiger charge is -2.20. The normalized spacial score (nSPS) is 23.2. The van der Waals surface area contributed by atoms with E-state index in [-0.39, 0.29) is 23.7 Å². The number of para-hydroxylation sites is 1. The molecule has 1 saturated heterocycles. The van der Waals surface area contributed by atoms with Crippen LogP contribution in [0.15, 0.2) is 18.2 Å². The van der Waals surface area contributed by atoms with Crippen molar-refractivity contribution in [1.82, 2.24) is 4.90 Å². The van der Waals surface area contributed by atoms with Crippen LogP contribution in [0.3, 0.4) is 0 Å². The quantitative estimate of drug-likeness (QED) is 0.536. The van der Waals surface area contributed by atoms with Crippen molar-refractivity contribution in [3.05, 3.63) is 29.6 Å². The first-order valence-electron chi connectivity index (χ1n) is 5.71. The van der Waals surface area contributed by atoms with Crippen LogP contribution in [0.4, 0.5) is 10.1 Å². The van der Waals surface area contributed by atoms with Gasteiger partial charge in [0.1, 0.15) is 5.82 Å². The van der Waals surface area contributed by atoms with Crippen molar-refractivity contribution in [2.45, 2.75) is 18.9 Å². The first-order valence-corrected chi connectivity index (χ1v) is 5.71. The number of hydrazine groups is 1. The maximum absolute atomic E-state index is 13.5. The molecule has 4 N–H and O–H groups in total. The van der Waals surface area contributed by atoms with Crippen LogP contribution >= 0.6 is 0 Å². The van der Waals surface area contributed by atoms with Crippen LogP contribution in [0.5, 0.6) is 0 Å². The Labute approximate surface area is 104 Å². The van der Waals surface area contributed by atoms with Crippen LogP contribution in [0.1, 0.15) is 23.7 Å². The number of nitrogens with one attached hydrogen (secondary N) is 1. The summed E-state index contributed by atoms with van der Waals surface area (Å²) in [6.07, 6.45) is 0.513. The number of hydrogen-bond acceptors (Lipinski definition) is 4. The zero-order valence-electron chi connectivity index (χ0n) is 10.1. The van der Waals surface area contributed by atoms with Gasteiger partial charge in [-0.1, -0.05) is 6.07 Å². The Kier molecular flexibility index (Phi) is 3.23. The molecule has 0 spiro atoms. The molecule has 1 aromatic carbocycles. The molecule has 2 rings (SSSR count). The molecule has 1 aromatic rings. The fraction of sp³-hybridized carbons (Fsp3) is 0.417. The molecule has 0 radical (unpaired) electrons. The molecule has 0 bridgehead atoms. The van der Waals surface area contributed by atoms with Crippen LogP contribution in [0.2, 0.25) is 0 Å². The van der Waals surface area contributed by atoms with Crippen molar-refractivity contribution in [1.29, 1.82) is 0 Å². The van der Waals surface area contributed by atoms with E-state index in [0.717, 1.165) is 0 Å². The van der Waals surface area contributed by atoms with E-state index in [4.69, 9.17) is 5.84 Å². The summed E-state index contributed by atoms with van der Waals surface area (Å²) >= 11 is 0. The third-order valence-electron chi connectivity index (χ3n) is 3.13. The van der Waals surface area contributed by atoms with Gasteiger partial charge >= 0.3 is 0 Å². The molecular weight excluding hydrogens is 237 g/mol. The van der Waals surface area contributed by atoms with Crippen LogP contribution < -0.4 is 11.3 Å². The highest BCUT2D eigenvalue weighted by atomic mass is 19.1. The van der Waals surface area contributed by atoms with Crippen LogP contribution in [0.25, 0.3) is 0 Å². The lowest BCUT2D eigenvalue weighted by molar-refractivity contribution is 0.0572. The third-order valence-corrected chi connectivity index (χ3v) is 3.13. The van der Waals surface area contributed by atoms with E-state index < -0.39 is 11.4 Å². The monoisotopic (exact) mass is 253 g/mol. The summed E-state index contributed by atoms with van der Waals surface area (Å²) in [6.45, 7) is 2.37. The molecule has 6 heteroatoms. The number of carbonyl (C=O) groups excluding carboxylic acids is 1. The average molecular weight is 253 g/mol. The molecule has 0 aliphatic carbocycles. The first kappa shape index (κ1) is 12.8. The highest BCUT2D eigenvalue weighted by molar-refractivity contribution is 5.99. The van der Waals surface area contributed by atoms with E-state index in [1.807, 2.05) is 0 Å². The summed E-state index contributed by atoms with van der Waals surface area (Å²) in [5.74, 6) is 4.32. The van der Waals surface area contributed by atoms with E-state index in [1.165, 1.54) is 23.1 Å². The van der Waals surface area contributed by atoms with Gasteiger partial charge in [0.15, 0.2) is 0 Å². The average Bonchev–Trinajstić information content (AvgIpc) is 2.68. The van der Waals surface area contributed by atoms with Crippen molar-refractivity contribution in [2.75, 3.05) is 18.5 Å². The molecule has 0 saturated carbocycles. The highest BCUT2D eigenvalue weighted by Crippen LogP contribution is 2.25. The number of likely N-dealkylation sites (tertiary alicyclic amines) is 1. The Morgan fingerprint density at radius 1 is 1.61 bits per heavy atom. The molecular formula is C12H16FN3O2. The molecule has 98 valence electrons. The van der Waals surface area contributed by atoms with Crippen molar-refractivity contribution in [2.24, 2.45) is 5.84 Å². The maximum atomic E-state index is 13.5. The van der Waals surface area contributed by atoms with Gasteiger partial charge in [-0.05, 0) is 25.5 Å². The Bertz CT molecular complexity index is 476. The molecule has 1 fully saturated rings. The highest BCUT2D eigenvalue weighted by Gasteiger charge is 2.35. The predicted octanol–water partition coefficient (Wildman–Crippen LogP) is 0.708. The van der Waals surface area contributed by atoms with Gasteiger partial charge in [0.05, 0.1) is 16.9 Å². The summed E-state index contributed by atoms with van der Waals surface area (Å²) < 4.78 is 13.5. The van der Waals surface area contributed by atoms with E-state index in [0.29, 0.717) is 13.0 Å². The van der Waals surface area contributed by atoms with Crippen LogP contribution in [0, 0.1) is 5.82 Å². The van der Waals surface area contributed by atoms with Gasteiger partial charge in [-0.3, -0.25) is 10.6 Å². The lowest BCUT2D eigenvalue weighted by Crippen LogP contribution is -2.34. The number of aliphatic hydroxyl groups is 1. The van der Waals surface area contributed by atoms with Gasteiger partial charge in [0.25, 0.3) is 5.91 Å². The number of anilines is 1. The molecule has 1 heterocycles. The molecule has 1 amide bonds. The molecule has 5 nitrogen and oxygen atoms in total. The number of hydrogen-bond donors (Lipinski definition) is 3. The van der Waals surface area contributed by atoms with E-state index >= 15 is 0 Å². The summed E-state index contributed by atoms with van der Waals surface area (Å²) in [5, 5.41) is 9.83. The smallest absolute Gasteiger partial charge is 0.256 e. The Balaban J connectivity index is 2.27. The van der Waals surface area contributed by atoms with Crippen molar-refractivity contribution in [3.8, 4) is 0 Å². The lowest BCUT2D eigenvalue weighted by atomic mass is 10.1. The van der Waals surface area contributed by atoms with E-state index in [1.54, 1.807) is 6.92 Å². The third kappa shape index (κ3) is 2.30. The minimum Gasteiger partial charge on any atom is -0.388 e. The minimum absolute atomic E-state index is 0.0194. The minimum atomic E-state index is -0.876. The number of halogens is 1. The SMILES string of the molecule is CC1(O)CCN(C(=O)c2cccc(F)c2NN)C1. The number of amides is 1. The zero-order valence-corrected chi connectivity index (χ0v) is 10.1. The maximum Gasteiger partial charge on any atom is 0.256 e. The number of nitrogens with two attached hydrogens (primary N) is 1. The fourth-order valence-electron chi connectivity index (χ4n) is 2.14. The van der Waals surface area contributed by atoms with Crippen LogP contribution in [-0.2, 0) is 0 Å². The van der Waals surface area contributed by atoms with Gasteiger partial charge < -0.3 is 15.4 Å². The largest absolute Gasteiger partial charge is 0.388 e. The predicted molar refractivity (Wildman–Crippen MR) is 65.4 cm³/mol. The Morgan fingerprint density at radius 2 is 2.33 bits per heavy atom. The van der Waals surface area contributed by atoms with Crippen molar-refractivity contribution < 1.29 is 14.3 Å². The first-order chi connectivity index (χ1) is 8.44. The van der Waals surface area contributed by atoms with Gasteiger partial charge in [0, 0.05) is 13.1 Å². The number of β-amino-alcohol motifs (C(OH)–C–C–N with tert-alkyl or cyclic N) is 1. The zero-order chi connectivity index (χ0) is 13.3. The van der Waals surface area contributed by atoms with Crippen LogP contribution in [-0.4, -0.2) is 34.6 Å². The number of nitrogens with zero attached hydrogens (tertiary/aromatic N) is 1. The second-order valence-corrected chi connectivity index (χ2v) is 4.78. The molecule has 1 aliphatic heterocycles. The summed E-state index contributed by atoms with van der Waals surface area (Å²) in [7, 11) is 0. The number of carbonyl (C=O) groups is 1. The molecule has 1 aliphatic rings. The number of rotatable bonds is 2. The van der Waals surface area contributed by atoms with E-state index in [9.17, 15) is 14.3 Å². The molecule has 0 aromatic heterocycles. The van der Waals surface area contributed by atoms with Gasteiger partial charge in [-0.2, -0.15) is 0 Å². The van der Waals surface area contributed by atoms with Gasteiger partial charge in [-0.15, -0.1) is 0 Å². The van der Waals surface area contributed by atoms with Gasteiger partial charge in [-0.25, -0.2) is 4.39 Å². The Morgan fingerprint density at radius 3 is 2.89 bits per heavy atom.